The highest BCUT2D eigenvalue weighted by Crippen LogP contribution is 1.72. The quantitative estimate of drug-likeness (QED) is 0.389. The first-order valence-electron chi connectivity index (χ1n) is 2.07. The fourth-order valence-electron chi connectivity index (χ4n) is 0. The zero-order chi connectivity index (χ0) is 9.71. The number of hydrogen-bond donors (Lipinski definition) is 2. The van der Waals surface area contributed by atoms with Gasteiger partial charge in [0.15, 0.2) is 0 Å². The molecule has 0 atom stereocenters. The number of rotatable bonds is 1. The fraction of sp³-hybridized carbons (Fsp3) is 1.00. The predicted molar refractivity (Wildman–Crippen MR) is 37.6 cm³/mol. The molecule has 0 aromatic heterocycles. The molecule has 70 valence electrons. The third-order valence-corrected chi connectivity index (χ3v) is 0.524. The minimum absolute atomic E-state index is 0.715. The molecule has 0 radical (unpaired) electrons. The molecule has 0 amide bonds. The topological polar surface area (TPSA) is 124 Å². The Morgan fingerprint density at radius 3 is 1.27 bits per heavy atom. The Balaban J connectivity index is 0. The van der Waals surface area contributed by atoms with E-state index in [1.165, 1.54) is 0 Å². The van der Waals surface area contributed by atoms with Gasteiger partial charge in [0.05, 0.1) is 12.5 Å². The molecule has 0 aromatic carbocycles. The zero-order valence-electron chi connectivity index (χ0n) is 5.88. The van der Waals surface area contributed by atoms with Crippen molar-refractivity contribution < 1.29 is 25.7 Å². The van der Waals surface area contributed by atoms with Crippen molar-refractivity contribution in [2.75, 3.05) is 12.5 Å². The van der Waals surface area contributed by atoms with Crippen LogP contribution in [0.15, 0.2) is 0 Å². The average Bonchev–Trinajstić information content (AvgIpc) is 1.59. The SMILES string of the molecule is CS(=O)(=O)O.CS(=O)(=O)ON. The normalized spacial score (nSPS) is 11.6. The summed E-state index contributed by atoms with van der Waals surface area (Å²) in [6.07, 6.45) is 1.58. The summed E-state index contributed by atoms with van der Waals surface area (Å²) in [6, 6.07) is 0. The van der Waals surface area contributed by atoms with E-state index in [9.17, 15) is 16.8 Å². The summed E-state index contributed by atoms with van der Waals surface area (Å²) in [7, 11) is -7.05. The molecule has 11 heavy (non-hydrogen) atoms. The molecule has 0 aliphatic carbocycles. The van der Waals surface area contributed by atoms with Crippen molar-refractivity contribution in [2.45, 2.75) is 0 Å². The van der Waals surface area contributed by atoms with Gasteiger partial charge in [-0.3, -0.25) is 4.55 Å². The summed E-state index contributed by atoms with van der Waals surface area (Å²) in [4.78, 5) is 0. The average molecular weight is 207 g/mol. The molecule has 0 aliphatic rings. The van der Waals surface area contributed by atoms with Gasteiger partial charge in [0.25, 0.3) is 20.2 Å². The van der Waals surface area contributed by atoms with E-state index in [1.54, 1.807) is 0 Å². The molecule has 0 fully saturated rings. The summed E-state index contributed by atoms with van der Waals surface area (Å²) in [5.74, 6) is 4.22. The smallest absolute Gasteiger partial charge is 0.280 e. The van der Waals surface area contributed by atoms with Gasteiger partial charge in [-0.2, -0.15) is 27.0 Å². The molecule has 0 saturated heterocycles. The van der Waals surface area contributed by atoms with Gasteiger partial charge in [-0.25, -0.2) is 0 Å². The van der Waals surface area contributed by atoms with E-state index < -0.39 is 20.2 Å². The highest BCUT2D eigenvalue weighted by Gasteiger charge is 1.91. The summed E-state index contributed by atoms with van der Waals surface area (Å²) in [5.41, 5.74) is 0. The molecule has 0 heterocycles. The predicted octanol–water partition coefficient (Wildman–Crippen LogP) is -1.66. The molecule has 0 bridgehead atoms. The largest absolute Gasteiger partial charge is 0.286 e. The van der Waals surface area contributed by atoms with Crippen LogP contribution in [0.5, 0.6) is 0 Å². The van der Waals surface area contributed by atoms with E-state index in [1.807, 2.05) is 0 Å². The van der Waals surface area contributed by atoms with Crippen LogP contribution in [0.25, 0.3) is 0 Å². The Kier molecular flexibility index (Phi) is 5.61. The molecule has 0 spiro atoms. The molecule has 0 unspecified atom stereocenters. The van der Waals surface area contributed by atoms with Crippen LogP contribution in [-0.4, -0.2) is 33.9 Å². The van der Waals surface area contributed by atoms with Gasteiger partial charge in [-0.15, -0.1) is 0 Å². The van der Waals surface area contributed by atoms with Gasteiger partial charge < -0.3 is 0 Å². The molecule has 0 rings (SSSR count). The molecule has 0 saturated carbocycles. The van der Waals surface area contributed by atoms with Crippen LogP contribution in [0, 0.1) is 0 Å². The van der Waals surface area contributed by atoms with Gasteiger partial charge in [0, 0.05) is 0 Å². The van der Waals surface area contributed by atoms with Gasteiger partial charge >= 0.3 is 0 Å². The molecular formula is C2H9NO6S2. The minimum Gasteiger partial charge on any atom is -0.286 e. The number of hydrogen-bond acceptors (Lipinski definition) is 6. The van der Waals surface area contributed by atoms with Crippen LogP contribution in [-0.2, 0) is 24.5 Å². The minimum atomic E-state index is -3.67. The van der Waals surface area contributed by atoms with Gasteiger partial charge in [0.1, 0.15) is 0 Å². The first kappa shape index (κ1) is 13.4. The maximum absolute atomic E-state index is 9.65. The van der Waals surface area contributed by atoms with E-state index in [0.29, 0.717) is 6.26 Å². The highest BCUT2D eigenvalue weighted by atomic mass is 32.2. The van der Waals surface area contributed by atoms with Crippen LogP contribution in [0.2, 0.25) is 0 Å². The number of nitrogens with two attached hydrogens (primary N) is 1. The molecule has 0 aromatic rings. The summed E-state index contributed by atoms with van der Waals surface area (Å²) < 4.78 is 48.6. The van der Waals surface area contributed by atoms with Crippen LogP contribution in [0.1, 0.15) is 0 Å². The van der Waals surface area contributed by atoms with E-state index in [4.69, 9.17) is 4.55 Å². The van der Waals surface area contributed by atoms with Crippen molar-refractivity contribution in [1.29, 1.82) is 0 Å². The molecule has 7 nitrogen and oxygen atoms in total. The lowest BCUT2D eigenvalue weighted by molar-refractivity contribution is 0.337. The lowest BCUT2D eigenvalue weighted by atomic mass is 12.0. The van der Waals surface area contributed by atoms with Gasteiger partial charge in [-0.05, 0) is 0 Å². The van der Waals surface area contributed by atoms with Crippen molar-refractivity contribution in [1.82, 2.24) is 0 Å². The van der Waals surface area contributed by atoms with Gasteiger partial charge in [-0.1, -0.05) is 0 Å². The molecule has 3 N–H and O–H groups in total. The third kappa shape index (κ3) is 76.6. The zero-order valence-corrected chi connectivity index (χ0v) is 7.52. The van der Waals surface area contributed by atoms with Crippen LogP contribution < -0.4 is 5.90 Å². The Hall–Kier alpha value is -0.220. The maximum atomic E-state index is 9.65. The molecule has 0 aliphatic heterocycles. The monoisotopic (exact) mass is 207 g/mol. The summed E-state index contributed by atoms with van der Waals surface area (Å²) >= 11 is 0. The van der Waals surface area contributed by atoms with Crippen LogP contribution in [0.3, 0.4) is 0 Å². The second kappa shape index (κ2) is 4.62. The second-order valence-corrected chi connectivity index (χ2v) is 4.60. The van der Waals surface area contributed by atoms with E-state index in [0.717, 1.165) is 6.26 Å². The first-order valence-corrected chi connectivity index (χ1v) is 5.73. The van der Waals surface area contributed by atoms with E-state index in [2.05, 4.69) is 10.2 Å². The summed E-state index contributed by atoms with van der Waals surface area (Å²) in [6.45, 7) is 0. The van der Waals surface area contributed by atoms with Crippen molar-refractivity contribution in [3.8, 4) is 0 Å². The Labute approximate surface area is 65.0 Å². The summed E-state index contributed by atoms with van der Waals surface area (Å²) in [5, 5.41) is 0. The maximum Gasteiger partial charge on any atom is 0.280 e. The van der Waals surface area contributed by atoms with Crippen LogP contribution >= 0.6 is 0 Å². The van der Waals surface area contributed by atoms with Crippen molar-refractivity contribution in [2.24, 2.45) is 5.90 Å². The first-order chi connectivity index (χ1) is 4.56. The highest BCUT2D eigenvalue weighted by molar-refractivity contribution is 7.85. The van der Waals surface area contributed by atoms with E-state index in [-0.39, 0.29) is 0 Å². The Morgan fingerprint density at radius 2 is 1.27 bits per heavy atom. The molecule has 9 heteroatoms. The van der Waals surface area contributed by atoms with Gasteiger partial charge in [0.2, 0.25) is 0 Å². The van der Waals surface area contributed by atoms with Crippen LogP contribution in [0.4, 0.5) is 0 Å². The third-order valence-electron chi connectivity index (χ3n) is 0.175. The van der Waals surface area contributed by atoms with Crippen molar-refractivity contribution in [3.05, 3.63) is 0 Å². The lowest BCUT2D eigenvalue weighted by Crippen LogP contribution is -2.07. The Bertz CT molecular complexity index is 266. The lowest BCUT2D eigenvalue weighted by Gasteiger charge is -1.83. The van der Waals surface area contributed by atoms with Crippen molar-refractivity contribution >= 4 is 20.2 Å². The van der Waals surface area contributed by atoms with Crippen molar-refractivity contribution in [3.63, 3.8) is 0 Å². The fourth-order valence-corrected chi connectivity index (χ4v) is 0. The second-order valence-electron chi connectivity index (χ2n) is 1.53. The molecular weight excluding hydrogens is 198 g/mol. The van der Waals surface area contributed by atoms with E-state index >= 15 is 0 Å². The Morgan fingerprint density at radius 1 is 1.18 bits per heavy atom. The standard InChI is InChI=1S/CH5NO3S.CH4O3S/c1-6(3,4)5-2;1-5(2,3)4/h2H2,1H3;1H3,(H,2,3,4).